The predicted octanol–water partition coefficient (Wildman–Crippen LogP) is 2.90. The van der Waals surface area contributed by atoms with E-state index >= 15 is 0 Å². The first kappa shape index (κ1) is 27.4. The molecule has 0 fully saturated rings. The van der Waals surface area contributed by atoms with Gasteiger partial charge in [-0.25, -0.2) is 30.7 Å². The van der Waals surface area contributed by atoms with Crippen LogP contribution in [0.5, 0.6) is 0 Å². The Kier molecular flexibility index (Phi) is 8.80. The van der Waals surface area contributed by atoms with Gasteiger partial charge in [0.05, 0.1) is 10.5 Å². The molecular weight excluding hydrogens is 467 g/mol. The van der Waals surface area contributed by atoms with Crippen LogP contribution in [0, 0.1) is 5.82 Å². The molecule has 2 aromatic rings. The maximum Gasteiger partial charge on any atom is 0.214 e. The molecule has 0 spiro atoms. The van der Waals surface area contributed by atoms with Crippen molar-refractivity contribution in [1.82, 2.24) is 9.44 Å². The highest BCUT2D eigenvalue weighted by atomic mass is 32.2. The third-order valence-corrected chi connectivity index (χ3v) is 9.09. The summed E-state index contributed by atoms with van der Waals surface area (Å²) >= 11 is 0. The Morgan fingerprint density at radius 2 is 1.39 bits per heavy atom. The van der Waals surface area contributed by atoms with Gasteiger partial charge in [0.1, 0.15) is 11.4 Å². The number of rotatable bonds is 11. The van der Waals surface area contributed by atoms with E-state index in [-0.39, 0.29) is 19.5 Å². The second-order valence-electron chi connectivity index (χ2n) is 8.81. The molecule has 184 valence electrons. The maximum absolute atomic E-state index is 14.6. The summed E-state index contributed by atoms with van der Waals surface area (Å²) in [6.07, 6.45) is 0.228. The molecule has 1 atom stereocenters. The SMILES string of the molecule is CC(C)S(=O)(=O)NCCc1ccc(-c2ccc(C(C)(O)CNS(=O)(=O)C(C)C)cc2)cc1F. The molecule has 0 aliphatic heterocycles. The van der Waals surface area contributed by atoms with Gasteiger partial charge in [0.2, 0.25) is 20.0 Å². The van der Waals surface area contributed by atoms with Crippen molar-refractivity contribution in [2.24, 2.45) is 0 Å². The van der Waals surface area contributed by atoms with E-state index in [4.69, 9.17) is 0 Å². The molecule has 7 nitrogen and oxygen atoms in total. The van der Waals surface area contributed by atoms with Crippen LogP contribution in [-0.4, -0.2) is 45.5 Å². The van der Waals surface area contributed by atoms with Gasteiger partial charge in [-0.3, -0.25) is 0 Å². The summed E-state index contributed by atoms with van der Waals surface area (Å²) < 4.78 is 67.0. The van der Waals surface area contributed by atoms with Gasteiger partial charge in [-0.15, -0.1) is 0 Å². The van der Waals surface area contributed by atoms with Crippen molar-refractivity contribution in [2.45, 2.75) is 57.1 Å². The molecule has 3 N–H and O–H groups in total. The number of aliphatic hydroxyl groups is 1. The molecular formula is C23H33FN2O5S2. The van der Waals surface area contributed by atoms with Crippen LogP contribution >= 0.6 is 0 Å². The van der Waals surface area contributed by atoms with E-state index < -0.39 is 42.0 Å². The first-order chi connectivity index (χ1) is 15.2. The van der Waals surface area contributed by atoms with Crippen LogP contribution in [0.15, 0.2) is 42.5 Å². The van der Waals surface area contributed by atoms with Crippen LogP contribution in [-0.2, 0) is 32.1 Å². The molecule has 1 unspecified atom stereocenters. The van der Waals surface area contributed by atoms with Gasteiger partial charge >= 0.3 is 0 Å². The predicted molar refractivity (Wildman–Crippen MR) is 129 cm³/mol. The average Bonchev–Trinajstić information content (AvgIpc) is 2.73. The Labute approximate surface area is 196 Å². The quantitative estimate of drug-likeness (QED) is 0.439. The average molecular weight is 501 g/mol. The Bertz CT molecular complexity index is 1160. The van der Waals surface area contributed by atoms with E-state index in [0.717, 1.165) is 5.56 Å². The molecule has 0 saturated carbocycles. The fraction of sp³-hybridized carbons (Fsp3) is 0.478. The molecule has 0 amide bonds. The highest BCUT2D eigenvalue weighted by molar-refractivity contribution is 7.90. The summed E-state index contributed by atoms with van der Waals surface area (Å²) in [5.74, 6) is -0.435. The van der Waals surface area contributed by atoms with Crippen molar-refractivity contribution in [2.75, 3.05) is 13.1 Å². The lowest BCUT2D eigenvalue weighted by Crippen LogP contribution is -2.41. The van der Waals surface area contributed by atoms with Crippen molar-refractivity contribution in [3.63, 3.8) is 0 Å². The topological polar surface area (TPSA) is 113 Å². The van der Waals surface area contributed by atoms with Gasteiger partial charge in [0, 0.05) is 13.1 Å². The molecule has 0 bridgehead atoms. The lowest BCUT2D eigenvalue weighted by molar-refractivity contribution is 0.0627. The molecule has 2 rings (SSSR count). The van der Waals surface area contributed by atoms with Crippen molar-refractivity contribution in [3.8, 4) is 11.1 Å². The number of benzene rings is 2. The summed E-state index contributed by atoms with van der Waals surface area (Å²) in [6.45, 7) is 7.73. The molecule has 0 saturated heterocycles. The smallest absolute Gasteiger partial charge is 0.214 e. The Balaban J connectivity index is 2.09. The van der Waals surface area contributed by atoms with Crippen molar-refractivity contribution < 1.29 is 26.3 Å². The van der Waals surface area contributed by atoms with E-state index in [0.29, 0.717) is 16.7 Å². The number of nitrogens with one attached hydrogen (secondary N) is 2. The molecule has 0 heterocycles. The van der Waals surface area contributed by atoms with Crippen molar-refractivity contribution >= 4 is 20.0 Å². The zero-order chi connectivity index (χ0) is 25.0. The van der Waals surface area contributed by atoms with Crippen LogP contribution in [0.2, 0.25) is 0 Å². The third-order valence-electron chi connectivity index (χ3n) is 5.45. The summed E-state index contributed by atoms with van der Waals surface area (Å²) in [7, 11) is -6.90. The number of halogens is 1. The molecule has 0 aliphatic carbocycles. The van der Waals surface area contributed by atoms with Crippen molar-refractivity contribution in [3.05, 3.63) is 59.4 Å². The first-order valence-corrected chi connectivity index (χ1v) is 13.8. The molecule has 2 aromatic carbocycles. The summed E-state index contributed by atoms with van der Waals surface area (Å²) in [4.78, 5) is 0. The van der Waals surface area contributed by atoms with Gasteiger partial charge < -0.3 is 5.11 Å². The van der Waals surface area contributed by atoms with E-state index in [1.54, 1.807) is 64.1 Å². The molecule has 0 aromatic heterocycles. The van der Waals surface area contributed by atoms with Crippen LogP contribution in [0.1, 0.15) is 45.7 Å². The third kappa shape index (κ3) is 7.31. The second-order valence-corrected chi connectivity index (χ2v) is 13.5. The number of hydrogen-bond donors (Lipinski definition) is 3. The lowest BCUT2D eigenvalue weighted by atomic mass is 9.93. The van der Waals surface area contributed by atoms with Crippen LogP contribution < -0.4 is 9.44 Å². The minimum Gasteiger partial charge on any atom is -0.384 e. The van der Waals surface area contributed by atoms with Gasteiger partial charge in [-0.05, 0) is 69.4 Å². The van der Waals surface area contributed by atoms with Crippen molar-refractivity contribution in [1.29, 1.82) is 0 Å². The largest absolute Gasteiger partial charge is 0.384 e. The molecule has 33 heavy (non-hydrogen) atoms. The zero-order valence-corrected chi connectivity index (χ0v) is 21.2. The maximum atomic E-state index is 14.6. The summed E-state index contributed by atoms with van der Waals surface area (Å²) in [5, 5.41) is 9.55. The minimum absolute atomic E-state index is 0.112. The van der Waals surface area contributed by atoms with Gasteiger partial charge in [0.25, 0.3) is 0 Å². The van der Waals surface area contributed by atoms with Crippen LogP contribution in [0.4, 0.5) is 4.39 Å². The minimum atomic E-state index is -3.51. The van der Waals surface area contributed by atoms with Crippen LogP contribution in [0.3, 0.4) is 0 Å². The second kappa shape index (κ2) is 10.6. The molecule has 0 radical (unpaired) electrons. The standard InChI is InChI=1S/C23H33FN2O5S2/c1-16(2)32(28,29)25-13-12-19-6-7-20(14-22(19)24)18-8-10-21(11-9-18)23(5,27)15-26-33(30,31)17(3)4/h6-11,14,16-17,25-27H,12-13,15H2,1-5H3. The highest BCUT2D eigenvalue weighted by Gasteiger charge is 2.26. The lowest BCUT2D eigenvalue weighted by Gasteiger charge is -2.25. The van der Waals surface area contributed by atoms with E-state index in [1.807, 2.05) is 0 Å². The zero-order valence-electron chi connectivity index (χ0n) is 19.6. The fourth-order valence-corrected chi connectivity index (χ4v) is 4.49. The molecule has 0 aliphatic rings. The molecule has 10 heteroatoms. The Hall–Kier alpha value is -1.85. The Morgan fingerprint density at radius 1 is 0.879 bits per heavy atom. The van der Waals surface area contributed by atoms with Gasteiger partial charge in [0.15, 0.2) is 0 Å². The number of sulfonamides is 2. The normalized spacial score (nSPS) is 14.6. The fourth-order valence-electron chi connectivity index (χ4n) is 2.96. The van der Waals surface area contributed by atoms with Gasteiger partial charge in [-0.1, -0.05) is 36.4 Å². The number of hydrogen-bond acceptors (Lipinski definition) is 5. The first-order valence-electron chi connectivity index (χ1n) is 10.7. The van der Waals surface area contributed by atoms with Crippen LogP contribution in [0.25, 0.3) is 11.1 Å². The summed E-state index contributed by atoms with van der Waals surface area (Å²) in [6, 6.07) is 11.6. The Morgan fingerprint density at radius 3 is 1.91 bits per heavy atom. The summed E-state index contributed by atoms with van der Waals surface area (Å²) in [5.41, 5.74) is 0.863. The highest BCUT2D eigenvalue weighted by Crippen LogP contribution is 2.26. The monoisotopic (exact) mass is 500 g/mol. The van der Waals surface area contributed by atoms with E-state index in [2.05, 4.69) is 9.44 Å². The van der Waals surface area contributed by atoms with E-state index in [1.165, 1.54) is 13.0 Å². The van der Waals surface area contributed by atoms with E-state index in [9.17, 15) is 26.3 Å². The van der Waals surface area contributed by atoms with Gasteiger partial charge in [-0.2, -0.15) is 0 Å².